The maximum atomic E-state index is 12.8. The van der Waals surface area contributed by atoms with Crippen molar-refractivity contribution in [2.24, 2.45) is 13.0 Å². The van der Waals surface area contributed by atoms with Gasteiger partial charge in [0.05, 0.1) is 15.7 Å². The largest absolute Gasteiger partial charge is 0.338 e. The molecule has 0 amide bonds. The van der Waals surface area contributed by atoms with E-state index in [0.717, 1.165) is 37.1 Å². The van der Waals surface area contributed by atoms with Crippen molar-refractivity contribution in [3.8, 4) is 0 Å². The molecule has 1 N–H and O–H groups in total. The summed E-state index contributed by atoms with van der Waals surface area (Å²) in [5, 5.41) is 5.54. The summed E-state index contributed by atoms with van der Waals surface area (Å²) in [6.45, 7) is 7.78. The van der Waals surface area contributed by atoms with Gasteiger partial charge in [-0.15, -0.1) is 0 Å². The average molecular weight is 436 g/mol. The van der Waals surface area contributed by atoms with Crippen LogP contribution in [0, 0.1) is 5.92 Å². The molecule has 6 nitrogen and oxygen atoms in total. The van der Waals surface area contributed by atoms with Gasteiger partial charge >= 0.3 is 0 Å². The lowest BCUT2D eigenvalue weighted by Gasteiger charge is -2.24. The fourth-order valence-electron chi connectivity index (χ4n) is 3.32. The normalized spacial score (nSPS) is 11.6. The fraction of sp³-hybridized carbons (Fsp3) is 0.476. The highest BCUT2D eigenvalue weighted by molar-refractivity contribution is 6.42. The second-order valence-corrected chi connectivity index (χ2v) is 8.57. The van der Waals surface area contributed by atoms with Crippen LogP contribution in [0.3, 0.4) is 0 Å². The molecule has 0 spiro atoms. The van der Waals surface area contributed by atoms with Crippen LogP contribution in [0.5, 0.6) is 0 Å². The highest BCUT2D eigenvalue weighted by Crippen LogP contribution is 2.25. The Kier molecular flexibility index (Phi) is 6.85. The van der Waals surface area contributed by atoms with E-state index in [1.54, 1.807) is 17.8 Å². The van der Waals surface area contributed by atoms with Crippen LogP contribution in [0.15, 0.2) is 23.0 Å². The number of aryl methyl sites for hydroxylation is 2. The molecule has 8 heteroatoms. The lowest BCUT2D eigenvalue weighted by Crippen LogP contribution is -2.29. The van der Waals surface area contributed by atoms with Gasteiger partial charge in [-0.3, -0.25) is 14.5 Å². The number of aromatic amines is 1. The molecule has 29 heavy (non-hydrogen) atoms. The van der Waals surface area contributed by atoms with Crippen LogP contribution < -0.4 is 10.5 Å². The summed E-state index contributed by atoms with van der Waals surface area (Å²) >= 11 is 12.3. The minimum absolute atomic E-state index is 0.175. The second-order valence-electron chi connectivity index (χ2n) is 7.76. The van der Waals surface area contributed by atoms with E-state index in [1.807, 2.05) is 12.1 Å². The SMILES string of the molecule is CCCc1nn(C)c2c(=O)[nH]c(N(CCC(C)C)Cc3ccc(Cl)c(Cl)c3)nc12. The molecule has 1 aromatic carbocycles. The van der Waals surface area contributed by atoms with Crippen molar-refractivity contribution < 1.29 is 0 Å². The van der Waals surface area contributed by atoms with Gasteiger partial charge in [-0.1, -0.05) is 56.5 Å². The first-order valence-electron chi connectivity index (χ1n) is 9.94. The van der Waals surface area contributed by atoms with E-state index in [4.69, 9.17) is 28.2 Å². The maximum absolute atomic E-state index is 12.8. The summed E-state index contributed by atoms with van der Waals surface area (Å²) in [6.07, 6.45) is 2.69. The Bertz CT molecular complexity index is 1060. The van der Waals surface area contributed by atoms with Crippen molar-refractivity contribution in [1.82, 2.24) is 19.7 Å². The molecule has 0 aliphatic carbocycles. The molecule has 0 aliphatic heterocycles. The van der Waals surface area contributed by atoms with Crippen molar-refractivity contribution in [2.45, 2.75) is 46.6 Å². The van der Waals surface area contributed by atoms with Gasteiger partial charge in [0, 0.05) is 20.1 Å². The molecule has 2 aromatic heterocycles. The highest BCUT2D eigenvalue weighted by Gasteiger charge is 2.18. The third-order valence-electron chi connectivity index (χ3n) is 4.87. The van der Waals surface area contributed by atoms with E-state index in [2.05, 4.69) is 35.8 Å². The van der Waals surface area contributed by atoms with Crippen molar-refractivity contribution >= 4 is 40.2 Å². The van der Waals surface area contributed by atoms with Crippen molar-refractivity contribution in [3.05, 3.63) is 49.9 Å². The minimum atomic E-state index is -0.175. The van der Waals surface area contributed by atoms with E-state index < -0.39 is 0 Å². The molecule has 0 bridgehead atoms. The highest BCUT2D eigenvalue weighted by atomic mass is 35.5. The number of nitrogens with one attached hydrogen (secondary N) is 1. The second kappa shape index (κ2) is 9.18. The topological polar surface area (TPSA) is 66.8 Å². The molecule has 0 aliphatic rings. The molecule has 2 heterocycles. The molecule has 3 aromatic rings. The van der Waals surface area contributed by atoms with Crippen LogP contribution in [0.4, 0.5) is 5.95 Å². The number of H-pyrrole nitrogens is 1. The summed E-state index contributed by atoms with van der Waals surface area (Å²) < 4.78 is 1.62. The van der Waals surface area contributed by atoms with E-state index in [0.29, 0.717) is 39.5 Å². The molecule has 156 valence electrons. The molecule has 0 unspecified atom stereocenters. The first kappa shape index (κ1) is 21.7. The van der Waals surface area contributed by atoms with E-state index in [1.165, 1.54) is 0 Å². The minimum Gasteiger partial charge on any atom is -0.338 e. The van der Waals surface area contributed by atoms with Gasteiger partial charge in [-0.2, -0.15) is 5.10 Å². The fourth-order valence-corrected chi connectivity index (χ4v) is 3.64. The summed E-state index contributed by atoms with van der Waals surface area (Å²) in [6, 6.07) is 5.59. The number of fused-ring (bicyclic) bond motifs is 1. The lowest BCUT2D eigenvalue weighted by molar-refractivity contribution is 0.566. The third kappa shape index (κ3) is 4.93. The van der Waals surface area contributed by atoms with Crippen molar-refractivity contribution in [3.63, 3.8) is 0 Å². The molecule has 0 atom stereocenters. The number of aromatic nitrogens is 4. The third-order valence-corrected chi connectivity index (χ3v) is 5.61. The summed E-state index contributed by atoms with van der Waals surface area (Å²) in [4.78, 5) is 22.7. The molecule has 0 saturated carbocycles. The van der Waals surface area contributed by atoms with Crippen molar-refractivity contribution in [1.29, 1.82) is 0 Å². The Balaban J connectivity index is 2.04. The van der Waals surface area contributed by atoms with Gasteiger partial charge in [0.15, 0.2) is 5.52 Å². The van der Waals surface area contributed by atoms with Gasteiger partial charge in [0.1, 0.15) is 5.52 Å². The van der Waals surface area contributed by atoms with Crippen LogP contribution in [0.25, 0.3) is 11.0 Å². The predicted octanol–water partition coefficient (Wildman–Crippen LogP) is 4.97. The van der Waals surface area contributed by atoms with E-state index in [9.17, 15) is 4.79 Å². The van der Waals surface area contributed by atoms with E-state index in [-0.39, 0.29) is 5.56 Å². The lowest BCUT2D eigenvalue weighted by atomic mass is 10.1. The van der Waals surface area contributed by atoms with Crippen LogP contribution in [-0.4, -0.2) is 26.3 Å². The van der Waals surface area contributed by atoms with Gasteiger partial charge in [-0.25, -0.2) is 4.98 Å². The summed E-state index contributed by atoms with van der Waals surface area (Å²) in [5.41, 5.74) is 2.87. The summed E-state index contributed by atoms with van der Waals surface area (Å²) in [5.74, 6) is 1.08. The van der Waals surface area contributed by atoms with Crippen LogP contribution >= 0.6 is 23.2 Å². The molecular formula is C21H27Cl2N5O. The number of benzene rings is 1. The van der Waals surface area contributed by atoms with Gasteiger partial charge in [-0.05, 0) is 36.5 Å². The van der Waals surface area contributed by atoms with Crippen LogP contribution in [0.1, 0.15) is 44.9 Å². The Morgan fingerprint density at radius 1 is 1.24 bits per heavy atom. The smallest absolute Gasteiger partial charge is 0.278 e. The Morgan fingerprint density at radius 2 is 2.00 bits per heavy atom. The first-order chi connectivity index (χ1) is 13.8. The molecule has 0 saturated heterocycles. The van der Waals surface area contributed by atoms with Crippen molar-refractivity contribution in [2.75, 3.05) is 11.4 Å². The molecule has 3 rings (SSSR count). The Labute approximate surface area is 180 Å². The van der Waals surface area contributed by atoms with E-state index >= 15 is 0 Å². The zero-order valence-electron chi connectivity index (χ0n) is 17.3. The summed E-state index contributed by atoms with van der Waals surface area (Å²) in [7, 11) is 1.78. The number of anilines is 1. The van der Waals surface area contributed by atoms with Crippen LogP contribution in [0.2, 0.25) is 10.0 Å². The predicted molar refractivity (Wildman–Crippen MR) is 120 cm³/mol. The first-order valence-corrected chi connectivity index (χ1v) is 10.7. The molecule has 0 radical (unpaired) electrons. The number of nitrogens with zero attached hydrogens (tertiary/aromatic N) is 4. The average Bonchev–Trinajstić information content (AvgIpc) is 2.97. The Hall–Kier alpha value is -2.05. The van der Waals surface area contributed by atoms with Gasteiger partial charge < -0.3 is 4.90 Å². The monoisotopic (exact) mass is 435 g/mol. The number of rotatable bonds is 8. The number of hydrogen-bond donors (Lipinski definition) is 1. The van der Waals surface area contributed by atoms with Gasteiger partial charge in [0.2, 0.25) is 5.95 Å². The number of hydrogen-bond acceptors (Lipinski definition) is 4. The number of halogens is 2. The maximum Gasteiger partial charge on any atom is 0.278 e. The van der Waals surface area contributed by atoms with Gasteiger partial charge in [0.25, 0.3) is 5.56 Å². The quantitative estimate of drug-likeness (QED) is 0.542. The molecular weight excluding hydrogens is 409 g/mol. The zero-order valence-corrected chi connectivity index (χ0v) is 18.8. The standard InChI is InChI=1S/C21H27Cl2N5O/c1-5-6-17-18-19(27(4)26-17)20(29)25-21(24-18)28(10-9-13(2)3)12-14-7-8-15(22)16(23)11-14/h7-8,11,13H,5-6,9-10,12H2,1-4H3,(H,24,25,29). The van der Waals surface area contributed by atoms with Crippen LogP contribution in [-0.2, 0) is 20.0 Å². The Morgan fingerprint density at radius 3 is 2.66 bits per heavy atom. The molecule has 0 fully saturated rings. The zero-order chi connectivity index (χ0) is 21.1.